The molecular formula is C9H14N4O5. The number of rotatable bonds is 7. The Morgan fingerprint density at radius 1 is 1.44 bits per heavy atom. The Morgan fingerprint density at radius 3 is 2.50 bits per heavy atom. The van der Waals surface area contributed by atoms with Crippen molar-refractivity contribution in [3.8, 4) is 0 Å². The highest BCUT2D eigenvalue weighted by atomic mass is 16.6. The second-order valence-electron chi connectivity index (χ2n) is 3.46. The van der Waals surface area contributed by atoms with E-state index < -0.39 is 4.92 Å². The van der Waals surface area contributed by atoms with Crippen LogP contribution in [0.15, 0.2) is 12.3 Å². The summed E-state index contributed by atoms with van der Waals surface area (Å²) in [6, 6.07) is 1.19. The van der Waals surface area contributed by atoms with Gasteiger partial charge >= 0.3 is 5.82 Å². The molecule has 1 aromatic rings. The first kappa shape index (κ1) is 14.1. The van der Waals surface area contributed by atoms with Crippen LogP contribution in [0.1, 0.15) is 0 Å². The second-order valence-corrected chi connectivity index (χ2v) is 3.46. The average molecular weight is 258 g/mol. The van der Waals surface area contributed by atoms with E-state index in [1.54, 1.807) is 0 Å². The van der Waals surface area contributed by atoms with E-state index in [0.717, 1.165) is 4.68 Å². The zero-order chi connectivity index (χ0) is 13.5. The Morgan fingerprint density at radius 2 is 2.06 bits per heavy atom. The molecular weight excluding hydrogens is 244 g/mol. The molecule has 0 aliphatic heterocycles. The number of aliphatic hydroxyl groups excluding tert-OH is 2. The lowest BCUT2D eigenvalue weighted by molar-refractivity contribution is -0.389. The van der Waals surface area contributed by atoms with Crippen molar-refractivity contribution < 1.29 is 19.9 Å². The number of hydrogen-bond acceptors (Lipinski definition) is 6. The summed E-state index contributed by atoms with van der Waals surface area (Å²) in [6.45, 7) is -0.407. The first-order valence-electron chi connectivity index (χ1n) is 5.25. The van der Waals surface area contributed by atoms with Gasteiger partial charge in [0.05, 0.1) is 30.6 Å². The zero-order valence-corrected chi connectivity index (χ0v) is 9.60. The molecule has 0 saturated heterocycles. The Hall–Kier alpha value is -2.00. The lowest BCUT2D eigenvalue weighted by Gasteiger charge is -2.19. The summed E-state index contributed by atoms with van der Waals surface area (Å²) in [5.74, 6) is -0.713. The molecule has 0 aromatic carbocycles. The van der Waals surface area contributed by atoms with Gasteiger partial charge in [-0.3, -0.25) is 4.79 Å². The highest BCUT2D eigenvalue weighted by molar-refractivity contribution is 5.75. The minimum atomic E-state index is -0.653. The van der Waals surface area contributed by atoms with E-state index >= 15 is 0 Å². The monoisotopic (exact) mass is 258 g/mol. The lowest BCUT2D eigenvalue weighted by Crippen LogP contribution is -2.38. The normalized spacial score (nSPS) is 10.3. The second kappa shape index (κ2) is 6.67. The predicted molar refractivity (Wildman–Crippen MR) is 59.6 cm³/mol. The molecule has 0 fully saturated rings. The standard InChI is InChI=1S/C9H14N4O5/c14-5-3-11(4-6-15)9(16)7-12-2-1-8(10-12)13(17)18/h1-2,14-15H,3-7H2. The van der Waals surface area contributed by atoms with Crippen molar-refractivity contribution in [2.24, 2.45) is 0 Å². The smallest absolute Gasteiger partial charge is 0.389 e. The molecule has 1 rings (SSSR count). The number of amides is 1. The van der Waals surface area contributed by atoms with Crippen LogP contribution < -0.4 is 0 Å². The predicted octanol–water partition coefficient (Wildman–Crippen LogP) is -1.40. The zero-order valence-electron chi connectivity index (χ0n) is 9.60. The first-order valence-corrected chi connectivity index (χ1v) is 5.25. The van der Waals surface area contributed by atoms with Crippen LogP contribution in [0.25, 0.3) is 0 Å². The Kier molecular flexibility index (Phi) is 5.21. The minimum absolute atomic E-state index is 0.1000. The highest BCUT2D eigenvalue weighted by Gasteiger charge is 2.17. The van der Waals surface area contributed by atoms with Crippen LogP contribution in [0.4, 0.5) is 5.82 Å². The summed E-state index contributed by atoms with van der Waals surface area (Å²) in [6.07, 6.45) is 1.33. The van der Waals surface area contributed by atoms with Crippen molar-refractivity contribution in [2.45, 2.75) is 6.54 Å². The molecule has 9 heteroatoms. The maximum atomic E-state index is 11.7. The van der Waals surface area contributed by atoms with Crippen LogP contribution in [0, 0.1) is 10.1 Å². The van der Waals surface area contributed by atoms with E-state index in [4.69, 9.17) is 10.2 Å². The number of hydrogen-bond donors (Lipinski definition) is 2. The fourth-order valence-electron chi connectivity index (χ4n) is 1.38. The van der Waals surface area contributed by atoms with E-state index in [-0.39, 0.29) is 44.6 Å². The van der Waals surface area contributed by atoms with Gasteiger partial charge in [0.2, 0.25) is 5.91 Å². The van der Waals surface area contributed by atoms with Gasteiger partial charge in [-0.05, 0) is 4.92 Å². The van der Waals surface area contributed by atoms with E-state index in [9.17, 15) is 14.9 Å². The van der Waals surface area contributed by atoms with Gasteiger partial charge in [-0.25, -0.2) is 0 Å². The molecule has 18 heavy (non-hydrogen) atoms. The maximum Gasteiger partial charge on any atom is 0.389 e. The Bertz CT molecular complexity index is 413. The van der Waals surface area contributed by atoms with Crippen molar-refractivity contribution in [1.29, 1.82) is 0 Å². The van der Waals surface area contributed by atoms with Gasteiger partial charge in [-0.2, -0.15) is 4.68 Å². The summed E-state index contributed by atoms with van der Waals surface area (Å²) in [7, 11) is 0. The number of carbonyl (C=O) groups is 1. The van der Waals surface area contributed by atoms with Crippen molar-refractivity contribution in [3.63, 3.8) is 0 Å². The molecule has 0 unspecified atom stereocenters. The average Bonchev–Trinajstić information content (AvgIpc) is 2.77. The molecule has 0 radical (unpaired) electrons. The lowest BCUT2D eigenvalue weighted by atomic mass is 10.4. The summed E-state index contributed by atoms with van der Waals surface area (Å²) in [5, 5.41) is 31.5. The highest BCUT2D eigenvalue weighted by Crippen LogP contribution is 2.05. The SMILES string of the molecule is O=C(Cn1ccc([N+](=O)[O-])n1)N(CCO)CCO. The van der Waals surface area contributed by atoms with E-state index in [1.807, 2.05) is 0 Å². The quantitative estimate of drug-likeness (QED) is 0.458. The fourth-order valence-corrected chi connectivity index (χ4v) is 1.38. The molecule has 1 heterocycles. The molecule has 9 nitrogen and oxygen atoms in total. The van der Waals surface area contributed by atoms with Crippen molar-refractivity contribution in [2.75, 3.05) is 26.3 Å². The Labute approximate surface area is 102 Å². The van der Waals surface area contributed by atoms with Gasteiger partial charge in [0.1, 0.15) is 6.54 Å². The molecule has 0 bridgehead atoms. The van der Waals surface area contributed by atoms with Gasteiger partial charge < -0.3 is 25.2 Å². The van der Waals surface area contributed by atoms with Gasteiger partial charge in [0.15, 0.2) is 0 Å². The topological polar surface area (TPSA) is 122 Å². The van der Waals surface area contributed by atoms with Crippen LogP contribution in [-0.4, -0.2) is 62.0 Å². The fraction of sp³-hybridized carbons (Fsp3) is 0.556. The molecule has 0 saturated carbocycles. The number of nitrogens with zero attached hydrogens (tertiary/aromatic N) is 4. The molecule has 2 N–H and O–H groups in total. The molecule has 0 aliphatic rings. The van der Waals surface area contributed by atoms with Gasteiger partial charge in [0.25, 0.3) is 0 Å². The Balaban J connectivity index is 2.63. The van der Waals surface area contributed by atoms with Gasteiger partial charge in [0, 0.05) is 13.1 Å². The number of nitro groups is 1. The van der Waals surface area contributed by atoms with E-state index in [2.05, 4.69) is 5.10 Å². The van der Waals surface area contributed by atoms with Crippen molar-refractivity contribution in [1.82, 2.24) is 14.7 Å². The van der Waals surface area contributed by atoms with Crippen LogP contribution >= 0.6 is 0 Å². The first-order chi connectivity index (χ1) is 8.58. The van der Waals surface area contributed by atoms with E-state index in [0.29, 0.717) is 0 Å². The largest absolute Gasteiger partial charge is 0.395 e. The minimum Gasteiger partial charge on any atom is -0.395 e. The van der Waals surface area contributed by atoms with E-state index in [1.165, 1.54) is 17.2 Å². The molecule has 1 aromatic heterocycles. The number of aromatic nitrogens is 2. The summed E-state index contributed by atoms with van der Waals surface area (Å²) >= 11 is 0. The van der Waals surface area contributed by atoms with Crippen molar-refractivity contribution in [3.05, 3.63) is 22.4 Å². The third-order valence-corrected chi connectivity index (χ3v) is 2.20. The summed E-state index contributed by atoms with van der Waals surface area (Å²) in [4.78, 5) is 22.8. The molecule has 0 spiro atoms. The number of carbonyl (C=O) groups excluding carboxylic acids is 1. The third kappa shape index (κ3) is 3.79. The molecule has 0 aliphatic carbocycles. The third-order valence-electron chi connectivity index (χ3n) is 2.20. The number of aliphatic hydroxyl groups is 2. The molecule has 0 atom stereocenters. The van der Waals surface area contributed by atoms with Crippen LogP contribution in [0.3, 0.4) is 0 Å². The maximum absolute atomic E-state index is 11.7. The van der Waals surface area contributed by atoms with Crippen molar-refractivity contribution >= 4 is 11.7 Å². The summed E-state index contributed by atoms with van der Waals surface area (Å²) in [5.41, 5.74) is 0. The summed E-state index contributed by atoms with van der Waals surface area (Å²) < 4.78 is 1.14. The van der Waals surface area contributed by atoms with Crippen LogP contribution in [0.5, 0.6) is 0 Å². The van der Waals surface area contributed by atoms with Crippen LogP contribution in [0.2, 0.25) is 0 Å². The van der Waals surface area contributed by atoms with Crippen LogP contribution in [-0.2, 0) is 11.3 Å². The van der Waals surface area contributed by atoms with Gasteiger partial charge in [-0.15, -0.1) is 0 Å². The molecule has 1 amide bonds. The molecule has 100 valence electrons. The van der Waals surface area contributed by atoms with Gasteiger partial charge in [-0.1, -0.05) is 0 Å².